The summed E-state index contributed by atoms with van der Waals surface area (Å²) in [4.78, 5) is 17.0. The molecule has 28 heavy (non-hydrogen) atoms. The van der Waals surface area contributed by atoms with Gasteiger partial charge in [0.05, 0.1) is 26.9 Å². The lowest BCUT2D eigenvalue weighted by Crippen LogP contribution is -2.43. The first-order chi connectivity index (χ1) is 13.7. The van der Waals surface area contributed by atoms with E-state index in [-0.39, 0.29) is 5.91 Å². The van der Waals surface area contributed by atoms with Gasteiger partial charge in [0.25, 0.3) is 0 Å². The summed E-state index contributed by atoms with van der Waals surface area (Å²) in [6.45, 7) is 9.08. The van der Waals surface area contributed by atoms with Crippen molar-refractivity contribution in [3.63, 3.8) is 0 Å². The van der Waals surface area contributed by atoms with E-state index in [0.29, 0.717) is 24.0 Å². The molecule has 0 saturated carbocycles. The summed E-state index contributed by atoms with van der Waals surface area (Å²) >= 11 is 0. The van der Waals surface area contributed by atoms with E-state index in [1.54, 1.807) is 13.2 Å². The van der Waals surface area contributed by atoms with Crippen LogP contribution in [0.25, 0.3) is 6.08 Å². The van der Waals surface area contributed by atoms with Crippen LogP contribution in [0.15, 0.2) is 24.3 Å². The van der Waals surface area contributed by atoms with Crippen molar-refractivity contribution >= 4 is 12.0 Å². The van der Waals surface area contributed by atoms with Crippen molar-refractivity contribution in [3.05, 3.63) is 29.8 Å². The van der Waals surface area contributed by atoms with E-state index in [2.05, 4.69) is 4.90 Å². The monoisotopic (exact) mass is 388 g/mol. The van der Waals surface area contributed by atoms with E-state index < -0.39 is 0 Å². The van der Waals surface area contributed by atoms with Crippen molar-refractivity contribution in [3.8, 4) is 11.5 Å². The molecule has 6 heteroatoms. The number of carbonyl (C=O) groups is 1. The van der Waals surface area contributed by atoms with Gasteiger partial charge in [-0.15, -0.1) is 0 Å². The van der Waals surface area contributed by atoms with Crippen molar-refractivity contribution < 1.29 is 19.0 Å². The van der Waals surface area contributed by atoms with Crippen molar-refractivity contribution in [2.75, 3.05) is 59.7 Å². The summed E-state index contributed by atoms with van der Waals surface area (Å²) in [5.74, 6) is 2.16. The van der Waals surface area contributed by atoms with Gasteiger partial charge < -0.3 is 19.1 Å². The molecule has 0 radical (unpaired) electrons. The van der Waals surface area contributed by atoms with Gasteiger partial charge in [0.2, 0.25) is 5.91 Å². The SMILES string of the molecule is CCOc1cc(/C=C/C(=O)N2CCC(CN3CCOCC3)CC2)ccc1OC. The summed E-state index contributed by atoms with van der Waals surface area (Å²) in [6, 6.07) is 5.70. The minimum atomic E-state index is 0.0820. The van der Waals surface area contributed by atoms with Crippen molar-refractivity contribution in [1.29, 1.82) is 0 Å². The molecule has 1 aromatic carbocycles. The molecule has 0 atom stereocenters. The fourth-order valence-electron chi connectivity index (χ4n) is 3.82. The summed E-state index contributed by atoms with van der Waals surface area (Å²) in [6.07, 6.45) is 5.67. The van der Waals surface area contributed by atoms with E-state index >= 15 is 0 Å². The Morgan fingerprint density at radius 2 is 1.93 bits per heavy atom. The van der Waals surface area contributed by atoms with E-state index in [1.165, 1.54) is 0 Å². The molecule has 0 spiro atoms. The second-order valence-corrected chi connectivity index (χ2v) is 7.36. The average Bonchev–Trinajstić information content (AvgIpc) is 2.74. The average molecular weight is 389 g/mol. The molecular weight excluding hydrogens is 356 g/mol. The minimum absolute atomic E-state index is 0.0820. The van der Waals surface area contributed by atoms with Crippen LogP contribution in [0.3, 0.4) is 0 Å². The Morgan fingerprint density at radius 3 is 2.61 bits per heavy atom. The number of piperidine rings is 1. The van der Waals surface area contributed by atoms with Crippen LogP contribution in [-0.4, -0.2) is 75.4 Å². The zero-order valence-corrected chi connectivity index (χ0v) is 17.1. The van der Waals surface area contributed by atoms with E-state index in [1.807, 2.05) is 36.1 Å². The predicted octanol–water partition coefficient (Wildman–Crippen LogP) is 2.68. The summed E-state index contributed by atoms with van der Waals surface area (Å²) in [5, 5.41) is 0. The number of hydrogen-bond donors (Lipinski definition) is 0. The first kappa shape index (κ1) is 20.7. The number of morpholine rings is 1. The molecule has 2 aliphatic heterocycles. The highest BCUT2D eigenvalue weighted by Gasteiger charge is 2.24. The van der Waals surface area contributed by atoms with Crippen LogP contribution in [0, 0.1) is 5.92 Å². The Kier molecular flexibility index (Phi) is 7.74. The van der Waals surface area contributed by atoms with Crippen LogP contribution in [0.5, 0.6) is 11.5 Å². The van der Waals surface area contributed by atoms with Gasteiger partial charge in [-0.05, 0) is 49.5 Å². The third-order valence-electron chi connectivity index (χ3n) is 5.45. The van der Waals surface area contributed by atoms with Crippen LogP contribution < -0.4 is 9.47 Å². The summed E-state index contributed by atoms with van der Waals surface area (Å²) in [7, 11) is 1.62. The highest BCUT2D eigenvalue weighted by Crippen LogP contribution is 2.28. The minimum Gasteiger partial charge on any atom is -0.493 e. The number of likely N-dealkylation sites (tertiary alicyclic amines) is 1. The highest BCUT2D eigenvalue weighted by atomic mass is 16.5. The van der Waals surface area contributed by atoms with Crippen LogP contribution in [0.2, 0.25) is 0 Å². The Balaban J connectivity index is 1.49. The van der Waals surface area contributed by atoms with E-state index in [4.69, 9.17) is 14.2 Å². The lowest BCUT2D eigenvalue weighted by molar-refractivity contribution is -0.127. The number of amides is 1. The van der Waals surface area contributed by atoms with Crippen molar-refractivity contribution in [1.82, 2.24) is 9.80 Å². The maximum atomic E-state index is 12.6. The predicted molar refractivity (Wildman–Crippen MR) is 110 cm³/mol. The molecule has 1 amide bonds. The van der Waals surface area contributed by atoms with Crippen LogP contribution >= 0.6 is 0 Å². The maximum absolute atomic E-state index is 12.6. The largest absolute Gasteiger partial charge is 0.493 e. The molecule has 1 aromatic rings. The summed E-state index contributed by atoms with van der Waals surface area (Å²) < 4.78 is 16.3. The number of hydrogen-bond acceptors (Lipinski definition) is 5. The Labute approximate surface area is 168 Å². The van der Waals surface area contributed by atoms with Gasteiger partial charge in [0.15, 0.2) is 11.5 Å². The van der Waals surface area contributed by atoms with Gasteiger partial charge in [0, 0.05) is 38.8 Å². The van der Waals surface area contributed by atoms with Gasteiger partial charge in [-0.25, -0.2) is 0 Å². The zero-order chi connectivity index (χ0) is 19.8. The van der Waals surface area contributed by atoms with E-state index in [0.717, 1.165) is 64.3 Å². The molecule has 2 aliphatic rings. The van der Waals surface area contributed by atoms with Gasteiger partial charge in [-0.2, -0.15) is 0 Å². The topological polar surface area (TPSA) is 51.2 Å². The fourth-order valence-corrected chi connectivity index (χ4v) is 3.82. The first-order valence-corrected chi connectivity index (χ1v) is 10.3. The van der Waals surface area contributed by atoms with Crippen molar-refractivity contribution in [2.24, 2.45) is 5.92 Å². The Morgan fingerprint density at radius 1 is 1.18 bits per heavy atom. The molecular formula is C22H32N2O4. The molecule has 0 aliphatic carbocycles. The quantitative estimate of drug-likeness (QED) is 0.672. The van der Waals surface area contributed by atoms with Gasteiger partial charge in [-0.1, -0.05) is 6.07 Å². The Hall–Kier alpha value is -2.05. The van der Waals surface area contributed by atoms with Crippen molar-refractivity contribution in [2.45, 2.75) is 19.8 Å². The number of carbonyl (C=O) groups excluding carboxylic acids is 1. The molecule has 0 aromatic heterocycles. The second kappa shape index (κ2) is 10.5. The summed E-state index contributed by atoms with van der Waals surface area (Å²) in [5.41, 5.74) is 0.930. The lowest BCUT2D eigenvalue weighted by atomic mass is 9.96. The number of ether oxygens (including phenoxy) is 3. The van der Waals surface area contributed by atoms with Gasteiger partial charge in [-0.3, -0.25) is 9.69 Å². The smallest absolute Gasteiger partial charge is 0.246 e. The molecule has 6 nitrogen and oxygen atoms in total. The Bertz CT molecular complexity index is 663. The normalized spacial score (nSPS) is 19.1. The number of benzene rings is 1. The molecule has 2 fully saturated rings. The van der Waals surface area contributed by atoms with Crippen LogP contribution in [-0.2, 0) is 9.53 Å². The number of rotatable bonds is 7. The molecule has 154 valence electrons. The number of nitrogens with zero attached hydrogens (tertiary/aromatic N) is 2. The molecule has 0 unspecified atom stereocenters. The lowest BCUT2D eigenvalue weighted by Gasteiger charge is -2.35. The van der Waals surface area contributed by atoms with E-state index in [9.17, 15) is 4.79 Å². The van der Waals surface area contributed by atoms with Gasteiger partial charge in [0.1, 0.15) is 0 Å². The van der Waals surface area contributed by atoms with Gasteiger partial charge >= 0.3 is 0 Å². The third-order valence-corrected chi connectivity index (χ3v) is 5.45. The first-order valence-electron chi connectivity index (χ1n) is 10.3. The fraction of sp³-hybridized carbons (Fsp3) is 0.591. The molecule has 3 rings (SSSR count). The van der Waals surface area contributed by atoms with Crippen LogP contribution in [0.4, 0.5) is 0 Å². The molecule has 2 saturated heterocycles. The third kappa shape index (κ3) is 5.72. The zero-order valence-electron chi connectivity index (χ0n) is 17.1. The standard InChI is InChI=1S/C22H32N2O4/c1-3-28-21-16-18(4-6-20(21)26-2)5-7-22(25)24-10-8-19(9-11-24)17-23-12-14-27-15-13-23/h4-7,16,19H,3,8-15,17H2,1-2H3/b7-5+. The number of methoxy groups -OCH3 is 1. The molecule has 0 bridgehead atoms. The highest BCUT2D eigenvalue weighted by molar-refractivity contribution is 5.91. The molecule has 2 heterocycles. The van der Waals surface area contributed by atoms with Crippen LogP contribution in [0.1, 0.15) is 25.3 Å². The second-order valence-electron chi connectivity index (χ2n) is 7.36. The maximum Gasteiger partial charge on any atom is 0.246 e. The molecule has 0 N–H and O–H groups in total.